The van der Waals surface area contributed by atoms with Gasteiger partial charge in [0.25, 0.3) is 5.91 Å². The lowest BCUT2D eigenvalue weighted by Gasteiger charge is -2.42. The summed E-state index contributed by atoms with van der Waals surface area (Å²) in [7, 11) is 0. The smallest absolute Gasteiger partial charge is 0.317 e. The molecule has 7 nitrogen and oxygen atoms in total. The van der Waals surface area contributed by atoms with Crippen molar-refractivity contribution in [3.8, 4) is 5.75 Å². The maximum absolute atomic E-state index is 12.2. The van der Waals surface area contributed by atoms with Gasteiger partial charge in [-0.25, -0.2) is 0 Å². The van der Waals surface area contributed by atoms with Gasteiger partial charge in [0.05, 0.1) is 6.54 Å². The Labute approximate surface area is 166 Å². The summed E-state index contributed by atoms with van der Waals surface area (Å²) in [6, 6.07) is 8.53. The molecule has 7 heteroatoms. The highest BCUT2D eigenvalue weighted by Crippen LogP contribution is 2.27. The Morgan fingerprint density at radius 2 is 1.96 bits per heavy atom. The van der Waals surface area contributed by atoms with Crippen LogP contribution in [0.2, 0.25) is 0 Å². The van der Waals surface area contributed by atoms with Gasteiger partial charge in [0.1, 0.15) is 5.75 Å². The van der Waals surface area contributed by atoms with Crippen LogP contribution in [0.15, 0.2) is 24.3 Å². The molecule has 0 spiro atoms. The number of para-hydroxylation sites is 1. The minimum atomic E-state index is -0.771. The van der Waals surface area contributed by atoms with Gasteiger partial charge >= 0.3 is 5.97 Å². The van der Waals surface area contributed by atoms with Gasteiger partial charge < -0.3 is 20.1 Å². The molecule has 154 valence electrons. The van der Waals surface area contributed by atoms with Crippen LogP contribution >= 0.6 is 0 Å². The van der Waals surface area contributed by atoms with E-state index in [1.165, 1.54) is 0 Å². The van der Waals surface area contributed by atoms with E-state index in [4.69, 9.17) is 9.84 Å². The van der Waals surface area contributed by atoms with Gasteiger partial charge in [-0.2, -0.15) is 0 Å². The highest BCUT2D eigenvalue weighted by Gasteiger charge is 2.33. The van der Waals surface area contributed by atoms with Crippen LogP contribution in [0.25, 0.3) is 0 Å². The van der Waals surface area contributed by atoms with Crippen LogP contribution in [0, 0.1) is 0 Å². The third-order valence-electron chi connectivity index (χ3n) is 5.74. The van der Waals surface area contributed by atoms with E-state index in [0.717, 1.165) is 56.6 Å². The molecule has 0 atom stereocenters. The quantitative estimate of drug-likeness (QED) is 0.634. The van der Waals surface area contributed by atoms with Crippen LogP contribution in [0.3, 0.4) is 0 Å². The first-order chi connectivity index (χ1) is 13.6. The number of carboxylic acid groups (broad SMARTS) is 1. The second-order valence-electron chi connectivity index (χ2n) is 7.64. The lowest BCUT2D eigenvalue weighted by atomic mass is 9.85. The number of carbonyl (C=O) groups is 2. The fourth-order valence-corrected chi connectivity index (χ4v) is 3.97. The van der Waals surface area contributed by atoms with Crippen molar-refractivity contribution >= 4 is 11.9 Å². The molecule has 1 amide bonds. The van der Waals surface area contributed by atoms with E-state index in [9.17, 15) is 9.59 Å². The van der Waals surface area contributed by atoms with Crippen LogP contribution in [0.5, 0.6) is 5.75 Å². The Balaban J connectivity index is 1.44. The molecule has 1 heterocycles. The van der Waals surface area contributed by atoms with Crippen molar-refractivity contribution < 1.29 is 19.4 Å². The van der Waals surface area contributed by atoms with Crippen LogP contribution < -0.4 is 10.1 Å². The van der Waals surface area contributed by atoms with Crippen LogP contribution in [0.1, 0.15) is 38.2 Å². The first-order valence-electron chi connectivity index (χ1n) is 10.2. The maximum Gasteiger partial charge on any atom is 0.317 e. The molecule has 0 aromatic heterocycles. The number of aliphatic carboxylic acids is 1. The molecule has 1 aliphatic heterocycles. The molecule has 2 N–H and O–H groups in total. The second kappa shape index (κ2) is 9.89. The van der Waals surface area contributed by atoms with Gasteiger partial charge in [-0.1, -0.05) is 25.1 Å². The summed E-state index contributed by atoms with van der Waals surface area (Å²) in [5.41, 5.74) is 1.04. The van der Waals surface area contributed by atoms with Crippen molar-refractivity contribution in [3.63, 3.8) is 0 Å². The Hall–Kier alpha value is -2.12. The Morgan fingerprint density at radius 3 is 2.64 bits per heavy atom. The van der Waals surface area contributed by atoms with Crippen LogP contribution in [0.4, 0.5) is 0 Å². The van der Waals surface area contributed by atoms with Gasteiger partial charge in [-0.3, -0.25) is 14.5 Å². The number of hydrogen-bond acceptors (Lipinski definition) is 5. The minimum absolute atomic E-state index is 0.0557. The van der Waals surface area contributed by atoms with Gasteiger partial charge in [0, 0.05) is 37.3 Å². The number of nitrogens with zero attached hydrogens (tertiary/aromatic N) is 2. The number of ether oxygens (including phenoxy) is 1. The van der Waals surface area contributed by atoms with Crippen LogP contribution in [-0.2, 0) is 16.1 Å². The summed E-state index contributed by atoms with van der Waals surface area (Å²) in [6.45, 7) is 5.30. The zero-order valence-electron chi connectivity index (χ0n) is 16.6. The van der Waals surface area contributed by atoms with Gasteiger partial charge in [-0.05, 0) is 38.3 Å². The minimum Gasteiger partial charge on any atom is -0.483 e. The molecule has 0 bridgehead atoms. The van der Waals surface area contributed by atoms with E-state index in [2.05, 4.69) is 5.32 Å². The summed E-state index contributed by atoms with van der Waals surface area (Å²) in [6.07, 6.45) is 4.07. The van der Waals surface area contributed by atoms with Crippen molar-refractivity contribution in [1.29, 1.82) is 0 Å². The molecule has 2 aliphatic rings. The highest BCUT2D eigenvalue weighted by molar-refractivity contribution is 5.78. The molecule has 1 aliphatic carbocycles. The zero-order chi connectivity index (χ0) is 19.9. The standard InChI is InChI=1S/C21H31N3O4/c1-2-23(14-21(26)27)18-11-17(12-18)22-13-16-7-3-4-8-19(16)28-15-20(25)24-9-5-6-10-24/h3-4,7-8,17-18,22H,2,5-6,9-15H2,1H3,(H,26,27). The summed E-state index contributed by atoms with van der Waals surface area (Å²) in [5.74, 6) is 0.0347. The predicted octanol–water partition coefficient (Wildman–Crippen LogP) is 1.71. The van der Waals surface area contributed by atoms with Gasteiger partial charge in [0.2, 0.25) is 0 Å². The summed E-state index contributed by atoms with van der Waals surface area (Å²) >= 11 is 0. The number of benzene rings is 1. The molecule has 1 saturated carbocycles. The molecule has 1 aromatic rings. The van der Waals surface area contributed by atoms with Crippen molar-refractivity contribution in [2.24, 2.45) is 0 Å². The third kappa shape index (κ3) is 5.45. The molecule has 2 fully saturated rings. The molecular weight excluding hydrogens is 358 g/mol. The number of nitrogens with one attached hydrogen (secondary N) is 1. The lowest BCUT2D eigenvalue weighted by Crippen LogP contribution is -2.53. The summed E-state index contributed by atoms with van der Waals surface area (Å²) in [4.78, 5) is 27.0. The SMILES string of the molecule is CCN(CC(=O)O)C1CC(NCc2ccccc2OCC(=O)N2CCCC2)C1. The van der Waals surface area contributed by atoms with E-state index in [1.807, 2.05) is 41.0 Å². The lowest BCUT2D eigenvalue weighted by molar-refractivity contribution is -0.139. The number of likely N-dealkylation sites (tertiary alicyclic amines) is 1. The maximum atomic E-state index is 12.2. The van der Waals surface area contributed by atoms with E-state index in [0.29, 0.717) is 18.6 Å². The first-order valence-corrected chi connectivity index (χ1v) is 10.2. The highest BCUT2D eigenvalue weighted by atomic mass is 16.5. The molecule has 0 radical (unpaired) electrons. The molecule has 0 unspecified atom stereocenters. The van der Waals surface area contributed by atoms with E-state index in [-0.39, 0.29) is 19.1 Å². The van der Waals surface area contributed by atoms with E-state index >= 15 is 0 Å². The number of rotatable bonds is 10. The van der Waals surface area contributed by atoms with Crippen LogP contribution in [-0.4, -0.2) is 71.7 Å². The van der Waals surface area contributed by atoms with E-state index in [1.54, 1.807) is 0 Å². The zero-order valence-corrected chi connectivity index (χ0v) is 16.6. The largest absolute Gasteiger partial charge is 0.483 e. The number of likely N-dealkylation sites (N-methyl/N-ethyl adjacent to an activating group) is 1. The normalized spacial score (nSPS) is 21.6. The molecule has 3 rings (SSSR count). The number of carbonyl (C=O) groups excluding carboxylic acids is 1. The average Bonchev–Trinajstić information content (AvgIpc) is 3.19. The summed E-state index contributed by atoms with van der Waals surface area (Å²) < 4.78 is 5.81. The average molecular weight is 389 g/mol. The fraction of sp³-hybridized carbons (Fsp3) is 0.619. The topological polar surface area (TPSA) is 82.1 Å². The molecule has 1 saturated heterocycles. The van der Waals surface area contributed by atoms with E-state index < -0.39 is 5.97 Å². The number of amides is 1. The van der Waals surface area contributed by atoms with Crippen molar-refractivity contribution in [2.45, 2.75) is 51.2 Å². The third-order valence-corrected chi connectivity index (χ3v) is 5.74. The molecule has 1 aromatic carbocycles. The van der Waals surface area contributed by atoms with Gasteiger partial charge in [0.15, 0.2) is 6.61 Å². The van der Waals surface area contributed by atoms with Crippen molar-refractivity contribution in [2.75, 3.05) is 32.8 Å². The van der Waals surface area contributed by atoms with Gasteiger partial charge in [-0.15, -0.1) is 0 Å². The predicted molar refractivity (Wildman–Crippen MR) is 106 cm³/mol. The monoisotopic (exact) mass is 389 g/mol. The van der Waals surface area contributed by atoms with Crippen molar-refractivity contribution in [1.82, 2.24) is 15.1 Å². The molecular formula is C21H31N3O4. The Morgan fingerprint density at radius 1 is 1.25 bits per heavy atom. The van der Waals surface area contributed by atoms with Crippen molar-refractivity contribution in [3.05, 3.63) is 29.8 Å². The molecule has 28 heavy (non-hydrogen) atoms. The first kappa shape index (κ1) is 20.6. The Bertz CT molecular complexity index is 669. The fourth-order valence-electron chi connectivity index (χ4n) is 3.97. The Kier molecular flexibility index (Phi) is 7.28. The second-order valence-corrected chi connectivity index (χ2v) is 7.64. The number of hydrogen-bond donors (Lipinski definition) is 2. The summed E-state index contributed by atoms with van der Waals surface area (Å²) in [5, 5.41) is 12.5. The number of carboxylic acids is 1.